The third kappa shape index (κ3) is 6.18. The normalized spacial score (nSPS) is 13.2. The standard InChI is InChI=1S/C28H42OSi/c1-7-8-9-10-11-18-23-27(24(2)3)29-30(28(4,5)6,25-19-14-12-15-20-25)26-21-16-13-17-22-26/h12-17,19-22,27H,2,7-11,18,23H2,1,3-6H3. The predicted octanol–water partition coefficient (Wildman–Crippen LogP) is 7.26. The molecule has 164 valence electrons. The topological polar surface area (TPSA) is 9.23 Å². The van der Waals surface area contributed by atoms with Crippen molar-refractivity contribution >= 4 is 18.7 Å². The van der Waals surface area contributed by atoms with Crippen molar-refractivity contribution in [2.24, 2.45) is 0 Å². The molecule has 2 rings (SSSR count). The fourth-order valence-corrected chi connectivity index (χ4v) is 9.18. The van der Waals surface area contributed by atoms with Crippen LogP contribution in [0.25, 0.3) is 0 Å². The van der Waals surface area contributed by atoms with Crippen molar-refractivity contribution < 1.29 is 4.43 Å². The molecule has 0 spiro atoms. The molecule has 0 aliphatic heterocycles. The van der Waals surface area contributed by atoms with Crippen LogP contribution in [0.15, 0.2) is 72.8 Å². The van der Waals surface area contributed by atoms with Crippen molar-refractivity contribution in [1.82, 2.24) is 0 Å². The molecule has 0 heterocycles. The number of unbranched alkanes of at least 4 members (excludes halogenated alkanes) is 5. The van der Waals surface area contributed by atoms with Gasteiger partial charge in [0, 0.05) is 0 Å². The molecule has 0 aliphatic rings. The number of hydrogen-bond donors (Lipinski definition) is 0. The molecule has 1 nitrogen and oxygen atoms in total. The van der Waals surface area contributed by atoms with E-state index >= 15 is 0 Å². The first-order chi connectivity index (χ1) is 14.3. The summed E-state index contributed by atoms with van der Waals surface area (Å²) in [5, 5.41) is 2.70. The van der Waals surface area contributed by atoms with Crippen LogP contribution >= 0.6 is 0 Å². The van der Waals surface area contributed by atoms with E-state index in [1.807, 2.05) is 0 Å². The molecule has 2 aromatic rings. The Labute approximate surface area is 186 Å². The summed E-state index contributed by atoms with van der Waals surface area (Å²) in [6, 6.07) is 21.9. The lowest BCUT2D eigenvalue weighted by molar-refractivity contribution is 0.207. The maximum Gasteiger partial charge on any atom is 0.261 e. The van der Waals surface area contributed by atoms with E-state index in [1.165, 1.54) is 48.9 Å². The molecular weight excluding hydrogens is 380 g/mol. The predicted molar refractivity (Wildman–Crippen MR) is 135 cm³/mol. The van der Waals surface area contributed by atoms with Gasteiger partial charge in [-0.25, -0.2) is 0 Å². The minimum absolute atomic E-state index is 0.00450. The molecule has 0 aromatic heterocycles. The Balaban J connectivity index is 2.37. The van der Waals surface area contributed by atoms with E-state index < -0.39 is 8.32 Å². The Hall–Kier alpha value is -1.64. The van der Waals surface area contributed by atoms with Crippen LogP contribution in [0.2, 0.25) is 5.04 Å². The van der Waals surface area contributed by atoms with Crippen LogP contribution in [0.5, 0.6) is 0 Å². The Morgan fingerprint density at radius 1 is 0.833 bits per heavy atom. The van der Waals surface area contributed by atoms with Gasteiger partial charge in [0.1, 0.15) is 0 Å². The SMILES string of the molecule is C=C(C)C(CCCCCCCC)O[Si](c1ccccc1)(c1ccccc1)C(C)(C)C. The van der Waals surface area contributed by atoms with E-state index in [0.717, 1.165) is 12.0 Å². The summed E-state index contributed by atoms with van der Waals surface area (Å²) >= 11 is 0. The van der Waals surface area contributed by atoms with Gasteiger partial charge >= 0.3 is 0 Å². The summed E-state index contributed by atoms with van der Waals surface area (Å²) in [6.07, 6.45) is 8.98. The molecule has 0 radical (unpaired) electrons. The highest BCUT2D eigenvalue weighted by atomic mass is 28.4. The summed E-state index contributed by atoms with van der Waals surface area (Å²) in [4.78, 5) is 0. The molecule has 2 heteroatoms. The highest BCUT2D eigenvalue weighted by Gasteiger charge is 2.51. The zero-order chi connectivity index (χ0) is 22.0. The van der Waals surface area contributed by atoms with Crippen LogP contribution in [-0.4, -0.2) is 14.4 Å². The minimum atomic E-state index is -2.52. The second kappa shape index (κ2) is 11.7. The lowest BCUT2D eigenvalue weighted by Gasteiger charge is -2.45. The Kier molecular flexibility index (Phi) is 9.58. The molecule has 0 N–H and O–H groups in total. The van der Waals surface area contributed by atoms with Gasteiger partial charge in [0.2, 0.25) is 0 Å². The van der Waals surface area contributed by atoms with Crippen LogP contribution < -0.4 is 10.4 Å². The molecule has 1 unspecified atom stereocenters. The van der Waals surface area contributed by atoms with Crippen molar-refractivity contribution in [3.8, 4) is 0 Å². The zero-order valence-corrected chi connectivity index (χ0v) is 20.9. The molecule has 0 fully saturated rings. The molecule has 0 amide bonds. The van der Waals surface area contributed by atoms with E-state index in [4.69, 9.17) is 4.43 Å². The maximum absolute atomic E-state index is 7.30. The van der Waals surface area contributed by atoms with Crippen LogP contribution in [0.4, 0.5) is 0 Å². The van der Waals surface area contributed by atoms with Crippen LogP contribution in [0.3, 0.4) is 0 Å². The highest BCUT2D eigenvalue weighted by molar-refractivity contribution is 6.99. The highest BCUT2D eigenvalue weighted by Crippen LogP contribution is 2.38. The van der Waals surface area contributed by atoms with E-state index in [0.29, 0.717) is 0 Å². The van der Waals surface area contributed by atoms with E-state index in [9.17, 15) is 0 Å². The van der Waals surface area contributed by atoms with Gasteiger partial charge in [-0.1, -0.05) is 139 Å². The van der Waals surface area contributed by atoms with Gasteiger partial charge in [-0.05, 0) is 28.8 Å². The fraction of sp³-hybridized carbons (Fsp3) is 0.500. The minimum Gasteiger partial charge on any atom is -0.401 e. The van der Waals surface area contributed by atoms with Crippen LogP contribution in [-0.2, 0) is 4.43 Å². The Morgan fingerprint density at radius 2 is 1.30 bits per heavy atom. The monoisotopic (exact) mass is 422 g/mol. The summed E-state index contributed by atoms with van der Waals surface area (Å²) in [5.74, 6) is 0. The molecular formula is C28H42OSi. The fourth-order valence-electron chi connectivity index (χ4n) is 4.42. The van der Waals surface area contributed by atoms with Gasteiger partial charge in [0.25, 0.3) is 8.32 Å². The Morgan fingerprint density at radius 3 is 1.73 bits per heavy atom. The molecule has 0 bridgehead atoms. The first kappa shape index (κ1) is 24.6. The van der Waals surface area contributed by atoms with Gasteiger partial charge in [0.15, 0.2) is 0 Å². The van der Waals surface area contributed by atoms with Gasteiger partial charge in [-0.3, -0.25) is 0 Å². The van der Waals surface area contributed by atoms with Gasteiger partial charge in [-0.15, -0.1) is 0 Å². The lowest BCUT2D eigenvalue weighted by atomic mass is 10.0. The second-order valence-corrected chi connectivity index (χ2v) is 13.9. The molecule has 1 atom stereocenters. The molecule has 30 heavy (non-hydrogen) atoms. The summed E-state index contributed by atoms with van der Waals surface area (Å²) in [7, 11) is -2.52. The second-order valence-electron chi connectivity index (χ2n) is 9.67. The molecule has 0 saturated heterocycles. The third-order valence-corrected chi connectivity index (χ3v) is 11.1. The van der Waals surface area contributed by atoms with Crippen molar-refractivity contribution in [3.05, 3.63) is 72.8 Å². The van der Waals surface area contributed by atoms with Crippen molar-refractivity contribution in [1.29, 1.82) is 0 Å². The quantitative estimate of drug-likeness (QED) is 0.199. The maximum atomic E-state index is 7.30. The number of benzene rings is 2. The van der Waals surface area contributed by atoms with Crippen molar-refractivity contribution in [2.45, 2.75) is 90.7 Å². The molecule has 2 aromatic carbocycles. The molecule has 0 aliphatic carbocycles. The summed E-state index contributed by atoms with van der Waals surface area (Å²) < 4.78 is 7.30. The van der Waals surface area contributed by atoms with E-state index in [2.05, 4.69) is 102 Å². The smallest absolute Gasteiger partial charge is 0.261 e. The first-order valence-corrected chi connectivity index (χ1v) is 13.7. The van der Waals surface area contributed by atoms with Crippen molar-refractivity contribution in [3.63, 3.8) is 0 Å². The summed E-state index contributed by atoms with van der Waals surface area (Å²) in [5.41, 5.74) is 1.15. The first-order valence-electron chi connectivity index (χ1n) is 11.8. The van der Waals surface area contributed by atoms with Gasteiger partial charge in [0.05, 0.1) is 6.10 Å². The van der Waals surface area contributed by atoms with Crippen LogP contribution in [0, 0.1) is 0 Å². The third-order valence-electron chi connectivity index (χ3n) is 6.11. The summed E-state index contributed by atoms with van der Waals surface area (Å²) in [6.45, 7) is 15.8. The lowest BCUT2D eigenvalue weighted by Crippen LogP contribution is -2.67. The largest absolute Gasteiger partial charge is 0.401 e. The van der Waals surface area contributed by atoms with E-state index in [1.54, 1.807) is 0 Å². The van der Waals surface area contributed by atoms with Gasteiger partial charge < -0.3 is 4.43 Å². The van der Waals surface area contributed by atoms with Crippen molar-refractivity contribution in [2.75, 3.05) is 0 Å². The Bertz CT molecular complexity index is 706. The van der Waals surface area contributed by atoms with E-state index in [-0.39, 0.29) is 11.1 Å². The van der Waals surface area contributed by atoms with Crippen LogP contribution in [0.1, 0.15) is 79.6 Å². The van der Waals surface area contributed by atoms with Gasteiger partial charge in [-0.2, -0.15) is 0 Å². The molecule has 0 saturated carbocycles. The average Bonchev–Trinajstić information content (AvgIpc) is 2.73. The number of hydrogen-bond acceptors (Lipinski definition) is 1. The average molecular weight is 423 g/mol. The number of rotatable bonds is 12. The zero-order valence-electron chi connectivity index (χ0n) is 19.9.